The van der Waals surface area contributed by atoms with Crippen molar-refractivity contribution in [3.05, 3.63) is 35.4 Å². The quantitative estimate of drug-likeness (QED) is 0.613. The fourth-order valence-electron chi connectivity index (χ4n) is 1.43. The van der Waals surface area contributed by atoms with E-state index < -0.39 is 5.97 Å². The molecule has 5 heteroatoms. The summed E-state index contributed by atoms with van der Waals surface area (Å²) >= 11 is 0. The van der Waals surface area contributed by atoms with Crippen LogP contribution in [-0.4, -0.2) is 36.7 Å². The van der Waals surface area contributed by atoms with Crippen molar-refractivity contribution in [1.82, 2.24) is 5.32 Å². The van der Waals surface area contributed by atoms with Crippen LogP contribution in [0.15, 0.2) is 24.3 Å². The third-order valence-corrected chi connectivity index (χ3v) is 2.29. The SMILES string of the molecule is CCOC(=O)CNC(=O)c1cccc(C#CCCO)c1. The molecule has 0 spiro atoms. The Morgan fingerprint density at radius 3 is 2.90 bits per heavy atom. The second kappa shape index (κ2) is 8.73. The normalized spacial score (nSPS) is 9.30. The van der Waals surface area contributed by atoms with Crippen molar-refractivity contribution >= 4 is 11.9 Å². The molecule has 0 bridgehead atoms. The van der Waals surface area contributed by atoms with Gasteiger partial charge in [0, 0.05) is 17.5 Å². The van der Waals surface area contributed by atoms with E-state index in [1.54, 1.807) is 31.2 Å². The Hall–Kier alpha value is -2.32. The topological polar surface area (TPSA) is 75.6 Å². The first-order chi connectivity index (χ1) is 9.67. The third-order valence-electron chi connectivity index (χ3n) is 2.29. The fourth-order valence-corrected chi connectivity index (χ4v) is 1.43. The summed E-state index contributed by atoms with van der Waals surface area (Å²) in [4.78, 5) is 23.0. The van der Waals surface area contributed by atoms with Crippen LogP contribution in [-0.2, 0) is 9.53 Å². The van der Waals surface area contributed by atoms with Gasteiger partial charge < -0.3 is 15.2 Å². The Labute approximate surface area is 117 Å². The monoisotopic (exact) mass is 275 g/mol. The summed E-state index contributed by atoms with van der Waals surface area (Å²) in [6, 6.07) is 6.75. The lowest BCUT2D eigenvalue weighted by atomic mass is 10.1. The summed E-state index contributed by atoms with van der Waals surface area (Å²) in [5, 5.41) is 11.1. The van der Waals surface area contributed by atoms with Crippen molar-refractivity contribution in [2.75, 3.05) is 19.8 Å². The van der Waals surface area contributed by atoms with Gasteiger partial charge in [0.25, 0.3) is 5.91 Å². The van der Waals surface area contributed by atoms with Gasteiger partial charge in [0.05, 0.1) is 13.2 Å². The Morgan fingerprint density at radius 1 is 1.40 bits per heavy atom. The van der Waals surface area contributed by atoms with Gasteiger partial charge in [0.2, 0.25) is 0 Å². The van der Waals surface area contributed by atoms with Crippen molar-refractivity contribution in [2.45, 2.75) is 13.3 Å². The molecular formula is C15H17NO4. The van der Waals surface area contributed by atoms with Crippen LogP contribution in [0.2, 0.25) is 0 Å². The summed E-state index contributed by atoms with van der Waals surface area (Å²) in [5.41, 5.74) is 1.10. The molecule has 0 saturated carbocycles. The van der Waals surface area contributed by atoms with Crippen molar-refractivity contribution < 1.29 is 19.4 Å². The minimum absolute atomic E-state index is 0.00666. The lowest BCUT2D eigenvalue weighted by molar-refractivity contribution is -0.141. The molecule has 20 heavy (non-hydrogen) atoms. The average Bonchev–Trinajstić information content (AvgIpc) is 2.46. The van der Waals surface area contributed by atoms with Gasteiger partial charge in [-0.15, -0.1) is 0 Å². The molecule has 1 aromatic rings. The molecule has 106 valence electrons. The number of carbonyl (C=O) groups is 2. The molecule has 2 N–H and O–H groups in total. The van der Waals surface area contributed by atoms with Crippen molar-refractivity contribution in [2.24, 2.45) is 0 Å². The number of aliphatic hydroxyl groups is 1. The van der Waals surface area contributed by atoms with Crippen molar-refractivity contribution in [1.29, 1.82) is 0 Å². The van der Waals surface area contributed by atoms with E-state index in [1.807, 2.05) is 0 Å². The molecule has 0 atom stereocenters. The molecule has 1 rings (SSSR count). The minimum atomic E-state index is -0.472. The Morgan fingerprint density at radius 2 is 2.20 bits per heavy atom. The van der Waals surface area contributed by atoms with Crippen LogP contribution in [0.4, 0.5) is 0 Å². The molecule has 0 saturated heterocycles. The third kappa shape index (κ3) is 5.55. The Kier molecular flexibility index (Phi) is 6.87. The van der Waals surface area contributed by atoms with Crippen LogP contribution < -0.4 is 5.32 Å². The number of rotatable bonds is 5. The number of esters is 1. The van der Waals surface area contributed by atoms with Gasteiger partial charge in [-0.1, -0.05) is 17.9 Å². The second-order valence-electron chi connectivity index (χ2n) is 3.84. The van der Waals surface area contributed by atoms with Gasteiger partial charge in [0.1, 0.15) is 6.54 Å². The highest BCUT2D eigenvalue weighted by Gasteiger charge is 2.08. The molecule has 0 aliphatic rings. The minimum Gasteiger partial charge on any atom is -0.465 e. The average molecular weight is 275 g/mol. The van der Waals surface area contributed by atoms with E-state index in [9.17, 15) is 9.59 Å². The number of hydrogen-bond donors (Lipinski definition) is 2. The van der Waals surface area contributed by atoms with E-state index in [0.29, 0.717) is 17.5 Å². The van der Waals surface area contributed by atoms with E-state index in [0.717, 1.165) is 0 Å². The zero-order valence-electron chi connectivity index (χ0n) is 11.3. The van der Waals surface area contributed by atoms with Gasteiger partial charge in [-0.05, 0) is 25.1 Å². The highest BCUT2D eigenvalue weighted by Crippen LogP contribution is 2.04. The fraction of sp³-hybridized carbons (Fsp3) is 0.333. The van der Waals surface area contributed by atoms with E-state index in [2.05, 4.69) is 17.2 Å². The van der Waals surface area contributed by atoms with E-state index >= 15 is 0 Å². The smallest absolute Gasteiger partial charge is 0.325 e. The molecule has 0 aliphatic heterocycles. The van der Waals surface area contributed by atoms with E-state index in [4.69, 9.17) is 9.84 Å². The van der Waals surface area contributed by atoms with E-state index in [1.165, 1.54) is 0 Å². The summed E-state index contributed by atoms with van der Waals surface area (Å²) in [7, 11) is 0. The van der Waals surface area contributed by atoms with Gasteiger partial charge in [-0.2, -0.15) is 0 Å². The molecule has 0 aliphatic carbocycles. The molecule has 0 heterocycles. The highest BCUT2D eigenvalue weighted by molar-refractivity contribution is 5.96. The molecule has 1 amide bonds. The first-order valence-electron chi connectivity index (χ1n) is 6.31. The predicted octanol–water partition coefficient (Wildman–Crippen LogP) is 0.713. The van der Waals surface area contributed by atoms with E-state index in [-0.39, 0.29) is 25.7 Å². The Bertz CT molecular complexity index is 528. The van der Waals surface area contributed by atoms with Crippen molar-refractivity contribution in [3.63, 3.8) is 0 Å². The first-order valence-corrected chi connectivity index (χ1v) is 6.31. The lowest BCUT2D eigenvalue weighted by Crippen LogP contribution is -2.30. The first kappa shape index (κ1) is 15.7. The Balaban J connectivity index is 2.63. The second-order valence-corrected chi connectivity index (χ2v) is 3.84. The number of aliphatic hydroxyl groups excluding tert-OH is 1. The number of carbonyl (C=O) groups excluding carboxylic acids is 2. The summed E-state index contributed by atoms with van der Waals surface area (Å²) in [5.74, 6) is 4.79. The maximum atomic E-state index is 11.8. The standard InChI is InChI=1S/C15H17NO4/c1-2-20-14(18)11-16-15(19)13-8-5-7-12(10-13)6-3-4-9-17/h5,7-8,10,17H,2,4,9,11H2,1H3,(H,16,19). The predicted molar refractivity (Wildman–Crippen MR) is 74.0 cm³/mol. The number of benzene rings is 1. The number of hydrogen-bond acceptors (Lipinski definition) is 4. The van der Waals surface area contributed by atoms with Crippen LogP contribution in [0.3, 0.4) is 0 Å². The van der Waals surface area contributed by atoms with Crippen LogP contribution in [0.25, 0.3) is 0 Å². The van der Waals surface area contributed by atoms with Crippen molar-refractivity contribution in [3.8, 4) is 11.8 Å². The number of ether oxygens (including phenoxy) is 1. The summed E-state index contributed by atoms with van der Waals surface area (Å²) in [6.07, 6.45) is 0.388. The van der Waals surface area contributed by atoms with Crippen LogP contribution in [0.1, 0.15) is 29.3 Å². The van der Waals surface area contributed by atoms with Gasteiger partial charge in [0.15, 0.2) is 0 Å². The zero-order valence-corrected chi connectivity index (χ0v) is 11.3. The highest BCUT2D eigenvalue weighted by atomic mass is 16.5. The zero-order chi connectivity index (χ0) is 14.8. The summed E-state index contributed by atoms with van der Waals surface area (Å²) in [6.45, 7) is 1.83. The molecule has 5 nitrogen and oxygen atoms in total. The van der Waals surface area contributed by atoms with Gasteiger partial charge in [-0.3, -0.25) is 9.59 Å². The lowest BCUT2D eigenvalue weighted by Gasteiger charge is -2.05. The molecule has 0 fully saturated rings. The molecule has 0 aromatic heterocycles. The van der Waals surface area contributed by atoms with Crippen LogP contribution in [0.5, 0.6) is 0 Å². The van der Waals surface area contributed by atoms with Crippen LogP contribution >= 0.6 is 0 Å². The molecule has 0 unspecified atom stereocenters. The number of nitrogens with one attached hydrogen (secondary N) is 1. The molecular weight excluding hydrogens is 258 g/mol. The largest absolute Gasteiger partial charge is 0.465 e. The van der Waals surface area contributed by atoms with Gasteiger partial charge >= 0.3 is 5.97 Å². The van der Waals surface area contributed by atoms with Crippen LogP contribution in [0, 0.1) is 11.8 Å². The van der Waals surface area contributed by atoms with Gasteiger partial charge in [-0.25, -0.2) is 0 Å². The maximum absolute atomic E-state index is 11.8. The molecule has 1 aromatic carbocycles. The number of amides is 1. The summed E-state index contributed by atoms with van der Waals surface area (Å²) < 4.78 is 4.72. The maximum Gasteiger partial charge on any atom is 0.325 e. The molecule has 0 radical (unpaired) electrons.